The first-order chi connectivity index (χ1) is 8.77. The quantitative estimate of drug-likeness (QED) is 0.671. The molecule has 1 rings (SSSR count). The molecule has 18 heavy (non-hydrogen) atoms. The van der Waals surface area contributed by atoms with Crippen molar-refractivity contribution in [3.8, 4) is 5.75 Å². The highest BCUT2D eigenvalue weighted by molar-refractivity contribution is 6.32. The van der Waals surface area contributed by atoms with Crippen molar-refractivity contribution in [3.63, 3.8) is 0 Å². The lowest BCUT2D eigenvalue weighted by molar-refractivity contribution is 0.305. The van der Waals surface area contributed by atoms with E-state index >= 15 is 0 Å². The highest BCUT2D eigenvalue weighted by Gasteiger charge is 2.02. The lowest BCUT2D eigenvalue weighted by Crippen LogP contribution is -2.11. The SMILES string of the molecule is CCCCCCOc1ccc(CNCC)cc1Cl. The zero-order chi connectivity index (χ0) is 13.2. The predicted molar refractivity (Wildman–Crippen MR) is 78.5 cm³/mol. The van der Waals surface area contributed by atoms with E-state index in [1.807, 2.05) is 12.1 Å². The van der Waals surface area contributed by atoms with E-state index < -0.39 is 0 Å². The largest absolute Gasteiger partial charge is 0.492 e. The van der Waals surface area contributed by atoms with E-state index in [0.29, 0.717) is 5.02 Å². The van der Waals surface area contributed by atoms with Crippen LogP contribution in [0.25, 0.3) is 0 Å². The van der Waals surface area contributed by atoms with Crippen molar-refractivity contribution < 1.29 is 4.74 Å². The molecule has 0 spiro atoms. The molecule has 1 aromatic rings. The van der Waals surface area contributed by atoms with Crippen LogP contribution in [0.1, 0.15) is 45.1 Å². The van der Waals surface area contributed by atoms with Crippen molar-refractivity contribution in [3.05, 3.63) is 28.8 Å². The number of nitrogens with one attached hydrogen (secondary N) is 1. The molecule has 0 bridgehead atoms. The molecule has 0 fully saturated rings. The number of hydrogen-bond donors (Lipinski definition) is 1. The van der Waals surface area contributed by atoms with Crippen LogP contribution in [0.4, 0.5) is 0 Å². The van der Waals surface area contributed by atoms with E-state index in [9.17, 15) is 0 Å². The molecular weight excluding hydrogens is 246 g/mol. The Bertz CT molecular complexity index is 341. The number of hydrogen-bond acceptors (Lipinski definition) is 2. The van der Waals surface area contributed by atoms with E-state index in [4.69, 9.17) is 16.3 Å². The number of benzene rings is 1. The van der Waals surface area contributed by atoms with Gasteiger partial charge in [-0.05, 0) is 30.7 Å². The van der Waals surface area contributed by atoms with Crippen LogP contribution < -0.4 is 10.1 Å². The zero-order valence-electron chi connectivity index (χ0n) is 11.5. The van der Waals surface area contributed by atoms with Gasteiger partial charge in [-0.1, -0.05) is 50.8 Å². The average Bonchev–Trinajstić information content (AvgIpc) is 2.38. The summed E-state index contributed by atoms with van der Waals surface area (Å²) in [6, 6.07) is 6.01. The summed E-state index contributed by atoms with van der Waals surface area (Å²) in [5.41, 5.74) is 1.19. The van der Waals surface area contributed by atoms with Gasteiger partial charge in [0.15, 0.2) is 0 Å². The lowest BCUT2D eigenvalue weighted by Gasteiger charge is -2.09. The summed E-state index contributed by atoms with van der Waals surface area (Å²) in [5, 5.41) is 3.99. The summed E-state index contributed by atoms with van der Waals surface area (Å²) in [4.78, 5) is 0. The summed E-state index contributed by atoms with van der Waals surface area (Å²) < 4.78 is 5.69. The van der Waals surface area contributed by atoms with E-state index in [1.165, 1.54) is 24.8 Å². The molecule has 2 nitrogen and oxygen atoms in total. The Morgan fingerprint density at radius 2 is 2.00 bits per heavy atom. The average molecular weight is 270 g/mol. The molecule has 0 radical (unpaired) electrons. The maximum Gasteiger partial charge on any atom is 0.137 e. The predicted octanol–water partition coefficient (Wildman–Crippen LogP) is 4.41. The van der Waals surface area contributed by atoms with Gasteiger partial charge in [-0.2, -0.15) is 0 Å². The van der Waals surface area contributed by atoms with Gasteiger partial charge in [0.2, 0.25) is 0 Å². The summed E-state index contributed by atoms with van der Waals surface area (Å²) in [7, 11) is 0. The number of ether oxygens (including phenoxy) is 1. The van der Waals surface area contributed by atoms with Gasteiger partial charge >= 0.3 is 0 Å². The molecule has 0 aliphatic carbocycles. The van der Waals surface area contributed by atoms with Crippen LogP contribution in [0.3, 0.4) is 0 Å². The second kappa shape index (κ2) is 9.23. The maximum absolute atomic E-state index is 6.20. The molecule has 0 heterocycles. The molecule has 1 aromatic carbocycles. The molecule has 0 saturated carbocycles. The van der Waals surface area contributed by atoms with Gasteiger partial charge < -0.3 is 10.1 Å². The van der Waals surface area contributed by atoms with Crippen LogP contribution >= 0.6 is 11.6 Å². The Balaban J connectivity index is 2.37. The van der Waals surface area contributed by atoms with Gasteiger partial charge in [-0.15, -0.1) is 0 Å². The minimum absolute atomic E-state index is 0.709. The zero-order valence-corrected chi connectivity index (χ0v) is 12.2. The fraction of sp³-hybridized carbons (Fsp3) is 0.600. The summed E-state index contributed by atoms with van der Waals surface area (Å²) in [5.74, 6) is 0.799. The third-order valence-corrected chi connectivity index (χ3v) is 3.13. The van der Waals surface area contributed by atoms with E-state index in [1.54, 1.807) is 0 Å². The molecule has 3 heteroatoms. The highest BCUT2D eigenvalue weighted by atomic mass is 35.5. The van der Waals surface area contributed by atoms with Crippen LogP contribution in [0.2, 0.25) is 5.02 Å². The molecule has 0 aliphatic rings. The standard InChI is InChI=1S/C15H24ClNO/c1-3-5-6-7-10-18-15-9-8-13(11-14(15)16)12-17-4-2/h8-9,11,17H,3-7,10,12H2,1-2H3. The summed E-state index contributed by atoms with van der Waals surface area (Å²) >= 11 is 6.20. The molecular formula is C15H24ClNO. The van der Waals surface area contributed by atoms with Gasteiger partial charge in [-0.25, -0.2) is 0 Å². The van der Waals surface area contributed by atoms with Crippen LogP contribution in [0.5, 0.6) is 5.75 Å². The second-order valence-corrected chi connectivity index (χ2v) is 4.86. The topological polar surface area (TPSA) is 21.3 Å². The Kier molecular flexibility index (Phi) is 7.86. The smallest absolute Gasteiger partial charge is 0.137 e. The molecule has 0 saturated heterocycles. The normalized spacial score (nSPS) is 10.6. The van der Waals surface area contributed by atoms with E-state index in [-0.39, 0.29) is 0 Å². The van der Waals surface area contributed by atoms with Crippen molar-refractivity contribution in [2.75, 3.05) is 13.2 Å². The Labute approximate surface area is 116 Å². The van der Waals surface area contributed by atoms with Gasteiger partial charge in [-0.3, -0.25) is 0 Å². The van der Waals surface area contributed by atoms with Crippen LogP contribution in [-0.4, -0.2) is 13.2 Å². The minimum atomic E-state index is 0.709. The third-order valence-electron chi connectivity index (χ3n) is 2.83. The van der Waals surface area contributed by atoms with E-state index in [0.717, 1.165) is 31.9 Å². The first-order valence-electron chi connectivity index (χ1n) is 6.89. The fourth-order valence-electron chi connectivity index (χ4n) is 1.75. The van der Waals surface area contributed by atoms with Crippen molar-refractivity contribution in [1.29, 1.82) is 0 Å². The molecule has 0 unspecified atom stereocenters. The lowest BCUT2D eigenvalue weighted by atomic mass is 10.2. The Morgan fingerprint density at radius 1 is 1.17 bits per heavy atom. The monoisotopic (exact) mass is 269 g/mol. The van der Waals surface area contributed by atoms with Gasteiger partial charge in [0.05, 0.1) is 11.6 Å². The molecule has 102 valence electrons. The Hall–Kier alpha value is -0.730. The van der Waals surface area contributed by atoms with Crippen molar-refractivity contribution >= 4 is 11.6 Å². The maximum atomic E-state index is 6.20. The molecule has 0 atom stereocenters. The summed E-state index contributed by atoms with van der Waals surface area (Å²) in [6.07, 6.45) is 4.86. The minimum Gasteiger partial charge on any atom is -0.492 e. The first-order valence-corrected chi connectivity index (χ1v) is 7.27. The molecule has 1 N–H and O–H groups in total. The third kappa shape index (κ3) is 5.74. The van der Waals surface area contributed by atoms with Crippen LogP contribution in [0.15, 0.2) is 18.2 Å². The number of halogens is 1. The van der Waals surface area contributed by atoms with Crippen LogP contribution in [0, 0.1) is 0 Å². The fourth-order valence-corrected chi connectivity index (χ4v) is 2.01. The number of rotatable bonds is 9. The summed E-state index contributed by atoms with van der Waals surface area (Å²) in [6.45, 7) is 6.88. The van der Waals surface area contributed by atoms with Gasteiger partial charge in [0.25, 0.3) is 0 Å². The van der Waals surface area contributed by atoms with E-state index in [2.05, 4.69) is 25.2 Å². The highest BCUT2D eigenvalue weighted by Crippen LogP contribution is 2.25. The van der Waals surface area contributed by atoms with Crippen LogP contribution in [-0.2, 0) is 6.54 Å². The molecule has 0 aliphatic heterocycles. The van der Waals surface area contributed by atoms with Crippen molar-refractivity contribution in [1.82, 2.24) is 5.32 Å². The number of unbranched alkanes of at least 4 members (excludes halogenated alkanes) is 3. The van der Waals surface area contributed by atoms with Crippen molar-refractivity contribution in [2.45, 2.75) is 46.1 Å². The van der Waals surface area contributed by atoms with Gasteiger partial charge in [0.1, 0.15) is 5.75 Å². The first kappa shape index (κ1) is 15.3. The molecule has 0 amide bonds. The molecule has 0 aromatic heterocycles. The Morgan fingerprint density at radius 3 is 2.67 bits per heavy atom. The van der Waals surface area contributed by atoms with Gasteiger partial charge in [0, 0.05) is 6.54 Å². The second-order valence-electron chi connectivity index (χ2n) is 4.45. The van der Waals surface area contributed by atoms with Crippen molar-refractivity contribution in [2.24, 2.45) is 0 Å².